The summed E-state index contributed by atoms with van der Waals surface area (Å²) in [4.78, 5) is 36.6. The molecular weight excluding hydrogens is 392 g/mol. The smallest absolute Gasteiger partial charge is 0.421 e. The number of rotatable bonds is 5. The minimum absolute atomic E-state index is 0.0884. The molecule has 0 atom stereocenters. The molecule has 158 valence electrons. The first-order valence-electron chi connectivity index (χ1n) is 8.88. The predicted molar refractivity (Wildman–Crippen MR) is 110 cm³/mol. The Balaban J connectivity index is 2.47. The van der Waals surface area contributed by atoms with Gasteiger partial charge in [-0.1, -0.05) is 25.1 Å². The van der Waals surface area contributed by atoms with Crippen LogP contribution in [0.3, 0.4) is 0 Å². The predicted octanol–water partition coefficient (Wildman–Crippen LogP) is 3.69. The number of guanidine groups is 1. The summed E-state index contributed by atoms with van der Waals surface area (Å²) in [5.41, 5.74) is 0.266. The number of amides is 3. The molecule has 0 aromatic heterocycles. The van der Waals surface area contributed by atoms with E-state index >= 15 is 0 Å². The van der Waals surface area contributed by atoms with Crippen molar-refractivity contribution in [3.8, 4) is 11.5 Å². The van der Waals surface area contributed by atoms with Crippen molar-refractivity contribution in [2.24, 2.45) is 0 Å². The molecule has 10 heteroatoms. The highest BCUT2D eigenvalue weighted by molar-refractivity contribution is 6.18. The van der Waals surface area contributed by atoms with E-state index in [2.05, 4.69) is 15.4 Å². The van der Waals surface area contributed by atoms with Gasteiger partial charge in [-0.15, -0.1) is 0 Å². The first-order valence-corrected chi connectivity index (χ1v) is 8.88. The molecule has 0 spiro atoms. The minimum Gasteiger partial charge on any atom is -0.457 e. The van der Waals surface area contributed by atoms with Crippen LogP contribution in [0, 0.1) is 5.41 Å². The fraction of sp³-hybridized carbons (Fsp3) is 0.200. The summed E-state index contributed by atoms with van der Waals surface area (Å²) in [6.07, 6.45) is -1.73. The molecule has 0 fully saturated rings. The van der Waals surface area contributed by atoms with Gasteiger partial charge in [0.15, 0.2) is 0 Å². The Morgan fingerprint density at radius 2 is 1.70 bits per heavy atom. The fourth-order valence-electron chi connectivity index (χ4n) is 2.34. The number of alkyl carbamates (subject to hydrolysis) is 1. The zero-order chi connectivity index (χ0) is 22.1. The van der Waals surface area contributed by atoms with Crippen LogP contribution in [-0.4, -0.2) is 38.3 Å². The summed E-state index contributed by atoms with van der Waals surface area (Å²) in [7, 11) is 2.24. The number of hydrogen-bond acceptors (Lipinski definition) is 7. The molecule has 0 heterocycles. The van der Waals surface area contributed by atoms with Crippen molar-refractivity contribution < 1.29 is 28.6 Å². The molecule has 2 rings (SSSR count). The highest BCUT2D eigenvalue weighted by Gasteiger charge is 2.26. The van der Waals surface area contributed by atoms with Gasteiger partial charge in [0.2, 0.25) is 11.9 Å². The van der Waals surface area contributed by atoms with Gasteiger partial charge in [-0.2, -0.15) is 0 Å². The van der Waals surface area contributed by atoms with Crippen molar-refractivity contribution in [2.45, 2.75) is 13.3 Å². The fourth-order valence-corrected chi connectivity index (χ4v) is 2.34. The lowest BCUT2D eigenvalue weighted by Crippen LogP contribution is -2.47. The maximum absolute atomic E-state index is 12.3. The van der Waals surface area contributed by atoms with E-state index in [4.69, 9.17) is 14.9 Å². The number of ether oxygens (including phenoxy) is 3. The molecule has 0 aliphatic heterocycles. The van der Waals surface area contributed by atoms with Crippen molar-refractivity contribution >= 4 is 35.4 Å². The number of carbonyl (C=O) groups excluding carboxylic acids is 3. The van der Waals surface area contributed by atoms with Gasteiger partial charge in [-0.05, 0) is 24.3 Å². The van der Waals surface area contributed by atoms with Crippen LogP contribution in [0.25, 0.3) is 0 Å². The molecule has 3 N–H and O–H groups in total. The SMILES string of the molecule is CCC(=O)Nc1cc(Oc2ccccc2)ccc1N(C(=N)NC(=O)OC)C(=O)OC. The van der Waals surface area contributed by atoms with E-state index in [9.17, 15) is 14.4 Å². The molecule has 0 radical (unpaired) electrons. The normalized spacial score (nSPS) is 9.83. The zero-order valence-corrected chi connectivity index (χ0v) is 16.7. The van der Waals surface area contributed by atoms with E-state index in [1.807, 2.05) is 18.2 Å². The number of methoxy groups -OCH3 is 2. The molecule has 0 saturated heterocycles. The average molecular weight is 414 g/mol. The van der Waals surface area contributed by atoms with Crippen LogP contribution in [0.15, 0.2) is 48.5 Å². The average Bonchev–Trinajstić information content (AvgIpc) is 2.75. The maximum Gasteiger partial charge on any atom is 0.421 e. The van der Waals surface area contributed by atoms with E-state index in [-0.39, 0.29) is 23.7 Å². The second-order valence-corrected chi connectivity index (χ2v) is 5.77. The van der Waals surface area contributed by atoms with Gasteiger partial charge in [-0.25, -0.2) is 14.5 Å². The van der Waals surface area contributed by atoms with E-state index < -0.39 is 18.1 Å². The lowest BCUT2D eigenvalue weighted by molar-refractivity contribution is -0.115. The Morgan fingerprint density at radius 1 is 1.00 bits per heavy atom. The van der Waals surface area contributed by atoms with Crippen LogP contribution >= 0.6 is 0 Å². The Bertz CT molecular complexity index is 932. The molecule has 30 heavy (non-hydrogen) atoms. The van der Waals surface area contributed by atoms with Gasteiger partial charge < -0.3 is 19.5 Å². The number of benzene rings is 2. The summed E-state index contributed by atoms with van der Waals surface area (Å²) in [5, 5.41) is 12.8. The van der Waals surface area contributed by atoms with Gasteiger partial charge in [0.25, 0.3) is 0 Å². The van der Waals surface area contributed by atoms with Crippen molar-refractivity contribution in [2.75, 3.05) is 24.4 Å². The number of carbonyl (C=O) groups is 3. The highest BCUT2D eigenvalue weighted by Crippen LogP contribution is 2.33. The van der Waals surface area contributed by atoms with Crippen molar-refractivity contribution in [1.82, 2.24) is 5.32 Å². The first-order chi connectivity index (χ1) is 14.4. The maximum atomic E-state index is 12.3. The van der Waals surface area contributed by atoms with Gasteiger partial charge in [0, 0.05) is 12.5 Å². The quantitative estimate of drug-likeness (QED) is 0.505. The van der Waals surface area contributed by atoms with Crippen LogP contribution in [0.1, 0.15) is 13.3 Å². The van der Waals surface area contributed by atoms with E-state index in [0.29, 0.717) is 11.5 Å². The van der Waals surface area contributed by atoms with Crippen LogP contribution < -0.4 is 20.3 Å². The topological polar surface area (TPSA) is 130 Å². The molecule has 2 aromatic carbocycles. The Hall–Kier alpha value is -4.08. The van der Waals surface area contributed by atoms with Crippen LogP contribution in [0.2, 0.25) is 0 Å². The minimum atomic E-state index is -0.958. The second-order valence-electron chi connectivity index (χ2n) is 5.77. The van der Waals surface area contributed by atoms with Crippen LogP contribution in [0.4, 0.5) is 21.0 Å². The molecular formula is C20H22N4O6. The highest BCUT2D eigenvalue weighted by atomic mass is 16.5. The van der Waals surface area contributed by atoms with Gasteiger partial charge in [0.05, 0.1) is 25.6 Å². The van der Waals surface area contributed by atoms with Crippen molar-refractivity contribution in [3.63, 3.8) is 0 Å². The van der Waals surface area contributed by atoms with Gasteiger partial charge >= 0.3 is 12.2 Å². The van der Waals surface area contributed by atoms with Crippen LogP contribution in [-0.2, 0) is 14.3 Å². The standard InChI is InChI=1S/C20H22N4O6/c1-4-17(25)22-15-12-14(30-13-8-6-5-7-9-13)10-11-16(15)24(20(27)29-3)18(21)23-19(26)28-2/h5-12H,4H2,1-3H3,(H,22,25)(H2,21,23,26). The molecule has 3 amide bonds. The summed E-state index contributed by atoms with van der Waals surface area (Å²) >= 11 is 0. The summed E-state index contributed by atoms with van der Waals surface area (Å²) in [6, 6.07) is 13.5. The Morgan fingerprint density at radius 3 is 2.30 bits per heavy atom. The number of nitrogens with zero attached hydrogens (tertiary/aromatic N) is 1. The van der Waals surface area contributed by atoms with E-state index in [1.54, 1.807) is 25.1 Å². The zero-order valence-electron chi connectivity index (χ0n) is 16.7. The molecule has 0 aliphatic rings. The lowest BCUT2D eigenvalue weighted by Gasteiger charge is -2.24. The Labute approximate surface area is 173 Å². The molecule has 10 nitrogen and oxygen atoms in total. The van der Waals surface area contributed by atoms with Gasteiger partial charge in [-0.3, -0.25) is 15.5 Å². The number of para-hydroxylation sites is 1. The summed E-state index contributed by atoms with van der Waals surface area (Å²) < 4.78 is 15.0. The van der Waals surface area contributed by atoms with Crippen molar-refractivity contribution in [3.05, 3.63) is 48.5 Å². The van der Waals surface area contributed by atoms with Crippen molar-refractivity contribution in [1.29, 1.82) is 5.41 Å². The number of hydrogen-bond donors (Lipinski definition) is 3. The third kappa shape index (κ3) is 5.71. The Kier molecular flexibility index (Phi) is 7.74. The van der Waals surface area contributed by atoms with E-state index in [1.165, 1.54) is 12.1 Å². The number of nitrogens with one attached hydrogen (secondary N) is 3. The molecule has 2 aromatic rings. The third-order valence-corrected chi connectivity index (χ3v) is 3.77. The van der Waals surface area contributed by atoms with Crippen LogP contribution in [0.5, 0.6) is 11.5 Å². The summed E-state index contributed by atoms with van der Waals surface area (Å²) in [5.74, 6) is -0.000575. The number of anilines is 2. The van der Waals surface area contributed by atoms with E-state index in [0.717, 1.165) is 19.1 Å². The second kappa shape index (κ2) is 10.5. The molecule has 0 saturated carbocycles. The van der Waals surface area contributed by atoms with Gasteiger partial charge in [0.1, 0.15) is 11.5 Å². The molecule has 0 aliphatic carbocycles. The third-order valence-electron chi connectivity index (χ3n) is 3.77. The molecule has 0 bridgehead atoms. The monoisotopic (exact) mass is 414 g/mol. The first kappa shape index (κ1) is 22.2. The largest absolute Gasteiger partial charge is 0.457 e. The molecule has 0 unspecified atom stereocenters. The lowest BCUT2D eigenvalue weighted by atomic mass is 10.2. The summed E-state index contributed by atoms with van der Waals surface area (Å²) in [6.45, 7) is 1.66.